The summed E-state index contributed by atoms with van der Waals surface area (Å²) >= 11 is 7.65. The van der Waals surface area contributed by atoms with Crippen molar-refractivity contribution < 1.29 is 14.3 Å². The average molecular weight is 448 g/mol. The van der Waals surface area contributed by atoms with Gasteiger partial charge < -0.3 is 19.9 Å². The van der Waals surface area contributed by atoms with Crippen molar-refractivity contribution in [3.05, 3.63) is 57.2 Å². The highest BCUT2D eigenvalue weighted by Crippen LogP contribution is 2.27. The van der Waals surface area contributed by atoms with Crippen molar-refractivity contribution in [1.82, 2.24) is 15.1 Å². The van der Waals surface area contributed by atoms with Gasteiger partial charge in [0.1, 0.15) is 0 Å². The van der Waals surface area contributed by atoms with Crippen molar-refractivity contribution in [2.45, 2.75) is 18.9 Å². The molecular weight excluding hydrogens is 422 g/mol. The van der Waals surface area contributed by atoms with E-state index in [4.69, 9.17) is 16.3 Å². The van der Waals surface area contributed by atoms with Crippen molar-refractivity contribution in [3.63, 3.8) is 0 Å². The highest BCUT2D eigenvalue weighted by Gasteiger charge is 2.31. The van der Waals surface area contributed by atoms with Gasteiger partial charge in [0.2, 0.25) is 5.91 Å². The summed E-state index contributed by atoms with van der Waals surface area (Å²) in [5.41, 5.74) is 2.07. The molecule has 0 radical (unpaired) electrons. The number of morpholine rings is 1. The number of piperidine rings is 1. The number of benzene rings is 1. The van der Waals surface area contributed by atoms with Crippen molar-refractivity contribution in [1.29, 1.82) is 0 Å². The summed E-state index contributed by atoms with van der Waals surface area (Å²) in [6.07, 6.45) is 1.36. The molecule has 0 aliphatic carbocycles. The molecule has 2 aliphatic heterocycles. The number of urea groups is 1. The molecule has 0 spiro atoms. The van der Waals surface area contributed by atoms with Gasteiger partial charge in [-0.05, 0) is 52.9 Å². The van der Waals surface area contributed by atoms with Crippen molar-refractivity contribution in [2.24, 2.45) is 5.92 Å². The molecule has 3 amide bonds. The third-order valence-corrected chi connectivity index (χ3v) is 6.74. The lowest BCUT2D eigenvalue weighted by atomic mass is 9.94. The Labute approximate surface area is 185 Å². The predicted molar refractivity (Wildman–Crippen MR) is 118 cm³/mol. The maximum absolute atomic E-state index is 13.1. The zero-order valence-corrected chi connectivity index (χ0v) is 18.3. The molecule has 4 rings (SSSR count). The first-order valence-electron chi connectivity index (χ1n) is 10.3. The molecule has 30 heavy (non-hydrogen) atoms. The second-order valence-electron chi connectivity index (χ2n) is 7.69. The number of halogens is 1. The van der Waals surface area contributed by atoms with Gasteiger partial charge in [0, 0.05) is 37.1 Å². The van der Waals surface area contributed by atoms with Gasteiger partial charge in [-0.15, -0.1) is 0 Å². The summed E-state index contributed by atoms with van der Waals surface area (Å²) in [6.45, 7) is 3.70. The fraction of sp³-hybridized carbons (Fsp3) is 0.455. The van der Waals surface area contributed by atoms with Gasteiger partial charge in [-0.3, -0.25) is 4.79 Å². The molecule has 0 bridgehead atoms. The van der Waals surface area contributed by atoms with E-state index in [1.165, 1.54) is 0 Å². The van der Waals surface area contributed by atoms with Crippen molar-refractivity contribution in [3.8, 4) is 0 Å². The summed E-state index contributed by atoms with van der Waals surface area (Å²) in [6, 6.07) is 9.50. The van der Waals surface area contributed by atoms with Crippen LogP contribution in [0.3, 0.4) is 0 Å². The molecular formula is C22H26ClN3O3S. The van der Waals surface area contributed by atoms with E-state index in [1.54, 1.807) is 11.3 Å². The molecule has 160 valence electrons. The zero-order valence-electron chi connectivity index (χ0n) is 16.8. The van der Waals surface area contributed by atoms with Crippen LogP contribution in [0.5, 0.6) is 0 Å². The smallest absolute Gasteiger partial charge is 0.320 e. The van der Waals surface area contributed by atoms with Crippen LogP contribution in [0.15, 0.2) is 41.1 Å². The third kappa shape index (κ3) is 4.96. The van der Waals surface area contributed by atoms with Crippen LogP contribution in [0.4, 0.5) is 4.79 Å². The maximum atomic E-state index is 13.1. The zero-order chi connectivity index (χ0) is 20.9. The van der Waals surface area contributed by atoms with E-state index in [9.17, 15) is 9.59 Å². The number of nitrogens with zero attached hydrogens (tertiary/aromatic N) is 2. The van der Waals surface area contributed by atoms with Crippen LogP contribution in [0.25, 0.3) is 0 Å². The van der Waals surface area contributed by atoms with E-state index in [0.717, 1.165) is 11.1 Å². The lowest BCUT2D eigenvalue weighted by molar-refractivity contribution is -0.126. The molecule has 8 heteroatoms. The van der Waals surface area contributed by atoms with Crippen LogP contribution in [0.1, 0.15) is 30.0 Å². The Balaban J connectivity index is 1.37. The Bertz CT molecular complexity index is 845. The van der Waals surface area contributed by atoms with E-state index in [1.807, 2.05) is 45.5 Å². The minimum Gasteiger partial charge on any atom is -0.378 e. The summed E-state index contributed by atoms with van der Waals surface area (Å²) in [4.78, 5) is 29.4. The normalized spacial score (nSPS) is 18.8. The van der Waals surface area contributed by atoms with E-state index in [2.05, 4.69) is 10.7 Å². The van der Waals surface area contributed by atoms with E-state index >= 15 is 0 Å². The van der Waals surface area contributed by atoms with Gasteiger partial charge >= 0.3 is 6.03 Å². The minimum atomic E-state index is -0.200. The Morgan fingerprint density at radius 3 is 2.30 bits per heavy atom. The first-order chi connectivity index (χ1) is 14.6. The van der Waals surface area contributed by atoms with Gasteiger partial charge in [0.15, 0.2) is 0 Å². The third-order valence-electron chi connectivity index (χ3n) is 5.78. The number of carbonyl (C=O) groups is 2. The van der Waals surface area contributed by atoms with Crippen LogP contribution >= 0.6 is 22.9 Å². The standard InChI is InChI=1S/C22H26ClN3O3S/c23-19-3-1-16(2-4-19)20(18-7-14-30-15-18)24-21(27)17-5-8-25(9-6-17)22(28)26-10-12-29-13-11-26/h1-4,7,14-15,17,20H,5-6,8-13H2,(H,24,27). The van der Waals surface area contributed by atoms with Crippen LogP contribution in [-0.2, 0) is 9.53 Å². The second kappa shape index (κ2) is 9.81. The topological polar surface area (TPSA) is 61.9 Å². The van der Waals surface area contributed by atoms with E-state index in [0.29, 0.717) is 57.3 Å². The molecule has 1 aromatic heterocycles. The van der Waals surface area contributed by atoms with Crippen LogP contribution < -0.4 is 5.32 Å². The number of hydrogen-bond acceptors (Lipinski definition) is 4. The molecule has 6 nitrogen and oxygen atoms in total. The summed E-state index contributed by atoms with van der Waals surface area (Å²) < 4.78 is 5.32. The van der Waals surface area contributed by atoms with E-state index in [-0.39, 0.29) is 23.9 Å². The monoisotopic (exact) mass is 447 g/mol. The molecule has 1 unspecified atom stereocenters. The highest BCUT2D eigenvalue weighted by atomic mass is 35.5. The number of likely N-dealkylation sites (tertiary alicyclic amines) is 1. The Hall–Kier alpha value is -2.09. The number of rotatable bonds is 4. The number of carbonyl (C=O) groups excluding carboxylic acids is 2. The maximum Gasteiger partial charge on any atom is 0.320 e. The molecule has 1 aromatic carbocycles. The molecule has 2 saturated heterocycles. The summed E-state index contributed by atoms with van der Waals surface area (Å²) in [7, 11) is 0. The SMILES string of the molecule is O=C(NC(c1ccc(Cl)cc1)c1ccsc1)C1CCN(C(=O)N2CCOCC2)CC1. The van der Waals surface area contributed by atoms with Crippen LogP contribution in [-0.4, -0.2) is 61.1 Å². The quantitative estimate of drug-likeness (QED) is 0.776. The molecule has 2 aliphatic rings. The molecule has 1 atom stereocenters. The van der Waals surface area contributed by atoms with Crippen molar-refractivity contribution >= 4 is 34.9 Å². The number of nitrogens with one attached hydrogen (secondary N) is 1. The second-order valence-corrected chi connectivity index (χ2v) is 8.91. The average Bonchev–Trinajstić information content (AvgIpc) is 3.33. The fourth-order valence-corrected chi connectivity index (χ4v) is 4.81. The molecule has 3 heterocycles. The Morgan fingerprint density at radius 2 is 1.67 bits per heavy atom. The molecule has 2 fully saturated rings. The first kappa shape index (κ1) is 21.2. The van der Waals surface area contributed by atoms with Gasteiger partial charge in [-0.25, -0.2) is 4.79 Å². The lowest BCUT2D eigenvalue weighted by Gasteiger charge is -2.37. The number of hydrogen-bond donors (Lipinski definition) is 1. The van der Waals surface area contributed by atoms with Crippen LogP contribution in [0.2, 0.25) is 5.02 Å². The van der Waals surface area contributed by atoms with Gasteiger partial charge in [-0.1, -0.05) is 23.7 Å². The van der Waals surface area contributed by atoms with Crippen molar-refractivity contribution in [2.75, 3.05) is 39.4 Å². The Morgan fingerprint density at radius 1 is 1.00 bits per heavy atom. The first-order valence-corrected chi connectivity index (χ1v) is 11.6. The number of ether oxygens (including phenoxy) is 1. The lowest BCUT2D eigenvalue weighted by Crippen LogP contribution is -2.51. The predicted octanol–water partition coefficient (Wildman–Crippen LogP) is 3.77. The van der Waals surface area contributed by atoms with Crippen LogP contribution in [0, 0.1) is 5.92 Å². The van der Waals surface area contributed by atoms with Gasteiger partial charge in [0.05, 0.1) is 19.3 Å². The van der Waals surface area contributed by atoms with Gasteiger partial charge in [-0.2, -0.15) is 11.3 Å². The number of amides is 3. The molecule has 0 saturated carbocycles. The van der Waals surface area contributed by atoms with Gasteiger partial charge in [0.25, 0.3) is 0 Å². The summed E-state index contributed by atoms with van der Waals surface area (Å²) in [5, 5.41) is 7.97. The highest BCUT2D eigenvalue weighted by molar-refractivity contribution is 7.08. The molecule has 1 N–H and O–H groups in total. The summed E-state index contributed by atoms with van der Waals surface area (Å²) in [5.74, 6) is -0.0493. The minimum absolute atomic E-state index is 0.0413. The fourth-order valence-electron chi connectivity index (χ4n) is 4.00. The van der Waals surface area contributed by atoms with E-state index < -0.39 is 0 Å². The Kier molecular flexibility index (Phi) is 6.92. The number of thiophene rings is 1. The molecule has 2 aromatic rings. The largest absolute Gasteiger partial charge is 0.378 e.